The molecule has 0 aliphatic carbocycles. The Balaban J connectivity index is 2.22. The number of H-pyrrole nitrogens is 1. The molecular formula is C39H77N2+. The van der Waals surface area contributed by atoms with Gasteiger partial charge in [0.05, 0.1) is 12.0 Å². The molecule has 2 unspecified atom stereocenters. The molecule has 1 aromatic heterocycles. The van der Waals surface area contributed by atoms with Gasteiger partial charge in [-0.3, -0.25) is 0 Å². The summed E-state index contributed by atoms with van der Waals surface area (Å²) < 4.78 is 2.62. The van der Waals surface area contributed by atoms with Crippen LogP contribution >= 0.6 is 0 Å². The van der Waals surface area contributed by atoms with Gasteiger partial charge in [0.15, 0.2) is 0 Å². The fourth-order valence-electron chi connectivity index (χ4n) is 6.78. The molecule has 41 heavy (non-hydrogen) atoms. The number of nitrogens with zero attached hydrogens (tertiary/aromatic N) is 1. The number of hydrogen-bond donors (Lipinski definition) is 1. The number of aromatic nitrogens is 2. The summed E-state index contributed by atoms with van der Waals surface area (Å²) in [6.07, 6.45) is 47.2. The van der Waals surface area contributed by atoms with Crippen LogP contribution in [-0.4, -0.2) is 4.98 Å². The van der Waals surface area contributed by atoms with E-state index in [0.717, 1.165) is 0 Å². The van der Waals surface area contributed by atoms with Crippen LogP contribution in [0.3, 0.4) is 0 Å². The molecule has 1 rings (SSSR count). The van der Waals surface area contributed by atoms with Gasteiger partial charge in [0, 0.05) is 0 Å². The summed E-state index contributed by atoms with van der Waals surface area (Å²) in [5, 5.41) is 0. The van der Waals surface area contributed by atoms with Crippen LogP contribution in [0, 0.1) is 0 Å². The molecule has 0 radical (unpaired) electrons. The third kappa shape index (κ3) is 21.5. The van der Waals surface area contributed by atoms with Crippen molar-refractivity contribution in [2.45, 2.75) is 232 Å². The quantitative estimate of drug-likeness (QED) is 0.0653. The van der Waals surface area contributed by atoms with Gasteiger partial charge >= 0.3 is 0 Å². The van der Waals surface area contributed by atoms with Crippen molar-refractivity contribution in [3.05, 3.63) is 18.2 Å². The number of hydrogen-bond acceptors (Lipinski definition) is 0. The highest BCUT2D eigenvalue weighted by Gasteiger charge is 2.25. The maximum atomic E-state index is 3.72. The molecule has 1 N–H and O–H groups in total. The summed E-state index contributed by atoms with van der Waals surface area (Å²) >= 11 is 0. The van der Waals surface area contributed by atoms with E-state index in [1.54, 1.807) is 0 Å². The van der Waals surface area contributed by atoms with E-state index < -0.39 is 0 Å². The Hall–Kier alpha value is -0.790. The topological polar surface area (TPSA) is 19.7 Å². The molecule has 0 spiro atoms. The van der Waals surface area contributed by atoms with Gasteiger partial charge < -0.3 is 0 Å². The van der Waals surface area contributed by atoms with Crippen LogP contribution in [0.4, 0.5) is 0 Å². The molecule has 2 atom stereocenters. The minimum absolute atomic E-state index is 0.621. The summed E-state index contributed by atoms with van der Waals surface area (Å²) in [7, 11) is 0. The summed E-state index contributed by atoms with van der Waals surface area (Å²) in [6.45, 7) is 9.40. The molecule has 0 aliphatic heterocycles. The van der Waals surface area contributed by atoms with Crippen molar-refractivity contribution in [3.63, 3.8) is 0 Å². The zero-order valence-corrected chi connectivity index (χ0v) is 29.0. The Bertz CT molecular complexity index is 635. The summed E-state index contributed by atoms with van der Waals surface area (Å²) in [5.74, 6) is 2.24. The highest BCUT2D eigenvalue weighted by atomic mass is 15.1. The Morgan fingerprint density at radius 1 is 0.463 bits per heavy atom. The largest absolute Gasteiger partial charge is 0.257 e. The first-order valence-electron chi connectivity index (χ1n) is 19.3. The summed E-state index contributed by atoms with van der Waals surface area (Å²) in [5.41, 5.74) is 0. The predicted molar refractivity (Wildman–Crippen MR) is 184 cm³/mol. The summed E-state index contributed by atoms with van der Waals surface area (Å²) in [6, 6.07) is 0.621. The van der Waals surface area contributed by atoms with Crippen LogP contribution in [-0.2, 0) is 0 Å². The second-order valence-corrected chi connectivity index (χ2v) is 13.6. The molecule has 0 fully saturated rings. The number of unbranched alkanes of at least 4 members (excludes halogenated alkanes) is 24. The van der Waals surface area contributed by atoms with Crippen molar-refractivity contribution in [3.8, 4) is 0 Å². The lowest BCUT2D eigenvalue weighted by Gasteiger charge is -2.17. The fourth-order valence-corrected chi connectivity index (χ4v) is 6.78. The zero-order valence-electron chi connectivity index (χ0n) is 29.0. The fraction of sp³-hybridized carbons (Fsp3) is 0.923. The van der Waals surface area contributed by atoms with E-state index in [0.29, 0.717) is 12.0 Å². The Morgan fingerprint density at radius 2 is 0.780 bits per heavy atom. The highest BCUT2D eigenvalue weighted by molar-refractivity contribution is 4.90. The minimum atomic E-state index is 0.621. The van der Waals surface area contributed by atoms with Crippen LogP contribution in [0.25, 0.3) is 0 Å². The normalized spacial score (nSPS) is 13.2. The molecular weight excluding hydrogens is 496 g/mol. The first-order valence-corrected chi connectivity index (χ1v) is 19.3. The zero-order chi connectivity index (χ0) is 29.6. The molecule has 1 heterocycles. The Labute approximate surface area is 259 Å². The van der Waals surface area contributed by atoms with Crippen LogP contribution in [0.1, 0.15) is 238 Å². The first kappa shape index (κ1) is 38.2. The van der Waals surface area contributed by atoms with Crippen molar-refractivity contribution in [2.24, 2.45) is 0 Å². The van der Waals surface area contributed by atoms with Gasteiger partial charge in [-0.25, -0.2) is 9.55 Å². The standard InChI is InChI=1S/C39H76N2/c1-5-8-11-14-16-17-18-19-20-21-22-23-24-25-26-28-31-34-38(33-30-13-10-7-3)39-40-35-36-41(39)37(4)32-29-27-15-12-9-6-2/h35-38H,5-34H2,1-4H3/p+1. The van der Waals surface area contributed by atoms with Crippen LogP contribution < -0.4 is 4.57 Å². The van der Waals surface area contributed by atoms with Gasteiger partial charge in [0.25, 0.3) is 5.82 Å². The predicted octanol–water partition coefficient (Wildman–Crippen LogP) is 13.7. The van der Waals surface area contributed by atoms with Crippen molar-refractivity contribution in [1.29, 1.82) is 0 Å². The van der Waals surface area contributed by atoms with Crippen LogP contribution in [0.15, 0.2) is 12.4 Å². The van der Waals surface area contributed by atoms with Gasteiger partial charge in [0.1, 0.15) is 12.4 Å². The average molecular weight is 574 g/mol. The van der Waals surface area contributed by atoms with Gasteiger partial charge in [-0.2, -0.15) is 0 Å². The number of nitrogens with one attached hydrogen (secondary N) is 1. The van der Waals surface area contributed by atoms with Gasteiger partial charge in [-0.05, 0) is 32.6 Å². The molecule has 2 heteroatoms. The third-order valence-electron chi connectivity index (χ3n) is 9.64. The minimum Gasteiger partial charge on any atom is -0.247 e. The lowest BCUT2D eigenvalue weighted by atomic mass is 9.93. The maximum Gasteiger partial charge on any atom is 0.257 e. The Morgan fingerprint density at radius 3 is 1.17 bits per heavy atom. The van der Waals surface area contributed by atoms with Gasteiger partial charge in [0.2, 0.25) is 0 Å². The number of aromatic amines is 1. The second-order valence-electron chi connectivity index (χ2n) is 13.6. The van der Waals surface area contributed by atoms with E-state index in [-0.39, 0.29) is 0 Å². The van der Waals surface area contributed by atoms with Crippen LogP contribution in [0.5, 0.6) is 0 Å². The molecule has 242 valence electrons. The molecule has 0 aliphatic rings. The molecule has 1 aromatic rings. The van der Waals surface area contributed by atoms with Crippen molar-refractivity contribution in [1.82, 2.24) is 4.98 Å². The molecule has 0 aromatic carbocycles. The van der Waals surface area contributed by atoms with E-state index in [2.05, 4.69) is 49.6 Å². The molecule has 0 saturated carbocycles. The van der Waals surface area contributed by atoms with E-state index >= 15 is 0 Å². The van der Waals surface area contributed by atoms with E-state index in [1.165, 1.54) is 198 Å². The molecule has 0 bridgehead atoms. The first-order chi connectivity index (χ1) is 20.2. The molecule has 0 amide bonds. The van der Waals surface area contributed by atoms with E-state index in [4.69, 9.17) is 0 Å². The van der Waals surface area contributed by atoms with Crippen molar-refractivity contribution >= 4 is 0 Å². The van der Waals surface area contributed by atoms with Gasteiger partial charge in [-0.1, -0.05) is 188 Å². The lowest BCUT2D eigenvalue weighted by molar-refractivity contribution is -0.727. The SMILES string of the molecule is CCCCCCCCCCCCCCCCCCCC(CCCCCC)c1[nH]cc[n+]1C(C)CCCCCCCC. The van der Waals surface area contributed by atoms with Gasteiger partial charge in [-0.15, -0.1) is 0 Å². The summed E-state index contributed by atoms with van der Waals surface area (Å²) in [4.78, 5) is 3.72. The smallest absolute Gasteiger partial charge is 0.247 e. The second kappa shape index (κ2) is 29.3. The highest BCUT2D eigenvalue weighted by Crippen LogP contribution is 2.27. The number of imidazole rings is 1. The van der Waals surface area contributed by atoms with Crippen LogP contribution in [0.2, 0.25) is 0 Å². The molecule has 2 nitrogen and oxygen atoms in total. The lowest BCUT2D eigenvalue weighted by Crippen LogP contribution is -2.41. The van der Waals surface area contributed by atoms with Crippen molar-refractivity contribution < 1.29 is 4.57 Å². The van der Waals surface area contributed by atoms with E-state index in [1.807, 2.05) is 0 Å². The number of rotatable bonds is 32. The third-order valence-corrected chi connectivity index (χ3v) is 9.64. The monoisotopic (exact) mass is 574 g/mol. The van der Waals surface area contributed by atoms with E-state index in [9.17, 15) is 0 Å². The Kier molecular flexibility index (Phi) is 27.3. The average Bonchev–Trinajstić information content (AvgIpc) is 3.47. The maximum absolute atomic E-state index is 3.72. The molecule has 0 saturated heterocycles. The van der Waals surface area contributed by atoms with Crippen molar-refractivity contribution in [2.75, 3.05) is 0 Å².